The number of pyridine rings is 1. The number of nitrogens with one attached hydrogen (secondary N) is 1. The van der Waals surface area contributed by atoms with E-state index in [1.165, 1.54) is 0 Å². The molecule has 0 radical (unpaired) electrons. The van der Waals surface area contributed by atoms with Gasteiger partial charge in [0.05, 0.1) is 0 Å². The van der Waals surface area contributed by atoms with Gasteiger partial charge in [-0.2, -0.15) is 0 Å². The van der Waals surface area contributed by atoms with Crippen molar-refractivity contribution >= 4 is 6.01 Å². The van der Waals surface area contributed by atoms with Crippen molar-refractivity contribution in [3.8, 4) is 11.5 Å². The molecule has 3 rings (SSSR count). The molecule has 94 valence electrons. The molecule has 0 aliphatic carbocycles. The summed E-state index contributed by atoms with van der Waals surface area (Å²) >= 11 is 0. The SMILES string of the molecule is c1ccc(-c2nnc(NCc3ccncc3)o2)cc1. The Morgan fingerprint density at radius 2 is 1.74 bits per heavy atom. The van der Waals surface area contributed by atoms with Gasteiger partial charge < -0.3 is 9.73 Å². The molecule has 0 amide bonds. The minimum Gasteiger partial charge on any atom is -0.403 e. The molecule has 1 N–H and O–H groups in total. The Balaban J connectivity index is 1.69. The molecule has 5 nitrogen and oxygen atoms in total. The first kappa shape index (κ1) is 11.4. The molecule has 5 heteroatoms. The van der Waals surface area contributed by atoms with Crippen LogP contribution >= 0.6 is 0 Å². The first-order valence-electron chi connectivity index (χ1n) is 5.93. The van der Waals surface area contributed by atoms with Gasteiger partial charge in [0.25, 0.3) is 0 Å². The fourth-order valence-electron chi connectivity index (χ4n) is 1.67. The second kappa shape index (κ2) is 5.30. The number of aromatic nitrogens is 3. The molecular weight excluding hydrogens is 240 g/mol. The van der Waals surface area contributed by atoms with E-state index in [1.54, 1.807) is 12.4 Å². The zero-order valence-electron chi connectivity index (χ0n) is 10.2. The summed E-state index contributed by atoms with van der Waals surface area (Å²) in [6, 6.07) is 14.0. The molecule has 0 aliphatic heterocycles. The topological polar surface area (TPSA) is 63.8 Å². The minimum absolute atomic E-state index is 0.413. The van der Waals surface area contributed by atoms with Gasteiger partial charge in [-0.25, -0.2) is 0 Å². The van der Waals surface area contributed by atoms with Crippen LogP contribution in [0.3, 0.4) is 0 Å². The van der Waals surface area contributed by atoms with Crippen LogP contribution in [0, 0.1) is 0 Å². The Morgan fingerprint density at radius 3 is 2.53 bits per heavy atom. The van der Waals surface area contributed by atoms with Gasteiger partial charge in [-0.1, -0.05) is 23.3 Å². The van der Waals surface area contributed by atoms with Crippen LogP contribution in [0.2, 0.25) is 0 Å². The number of benzene rings is 1. The van der Waals surface area contributed by atoms with E-state index in [-0.39, 0.29) is 0 Å². The quantitative estimate of drug-likeness (QED) is 0.773. The van der Waals surface area contributed by atoms with E-state index >= 15 is 0 Å². The van der Waals surface area contributed by atoms with E-state index < -0.39 is 0 Å². The van der Waals surface area contributed by atoms with Crippen LogP contribution in [0.25, 0.3) is 11.5 Å². The lowest BCUT2D eigenvalue weighted by Gasteiger charge is -2.00. The van der Waals surface area contributed by atoms with Gasteiger partial charge in [-0.3, -0.25) is 4.98 Å². The van der Waals surface area contributed by atoms with Crippen LogP contribution in [0.4, 0.5) is 6.01 Å². The maximum absolute atomic E-state index is 5.54. The summed E-state index contributed by atoms with van der Waals surface area (Å²) in [5, 5.41) is 11.1. The van der Waals surface area contributed by atoms with Crippen LogP contribution in [-0.2, 0) is 6.54 Å². The van der Waals surface area contributed by atoms with E-state index in [2.05, 4.69) is 20.5 Å². The van der Waals surface area contributed by atoms with E-state index in [9.17, 15) is 0 Å². The lowest BCUT2D eigenvalue weighted by molar-refractivity contribution is 0.581. The fraction of sp³-hybridized carbons (Fsp3) is 0.0714. The van der Waals surface area contributed by atoms with Crippen LogP contribution in [0.1, 0.15) is 5.56 Å². The molecule has 2 heterocycles. The zero-order chi connectivity index (χ0) is 12.9. The van der Waals surface area contributed by atoms with Crippen molar-refractivity contribution in [1.82, 2.24) is 15.2 Å². The molecule has 0 unspecified atom stereocenters. The number of hydrogen-bond donors (Lipinski definition) is 1. The third kappa shape index (κ3) is 2.77. The second-order valence-electron chi connectivity index (χ2n) is 3.99. The minimum atomic E-state index is 0.413. The lowest BCUT2D eigenvalue weighted by atomic mass is 10.2. The lowest BCUT2D eigenvalue weighted by Crippen LogP contribution is -1.99. The Labute approximate surface area is 110 Å². The van der Waals surface area contributed by atoms with Gasteiger partial charge in [-0.15, -0.1) is 5.10 Å². The number of hydrogen-bond acceptors (Lipinski definition) is 5. The molecule has 3 aromatic rings. The fourth-order valence-corrected chi connectivity index (χ4v) is 1.67. The highest BCUT2D eigenvalue weighted by atomic mass is 16.4. The summed E-state index contributed by atoms with van der Waals surface area (Å²) < 4.78 is 5.54. The molecular formula is C14H12N4O. The third-order valence-corrected chi connectivity index (χ3v) is 2.64. The van der Waals surface area contributed by atoms with Crippen molar-refractivity contribution in [3.63, 3.8) is 0 Å². The number of rotatable bonds is 4. The van der Waals surface area contributed by atoms with Gasteiger partial charge in [-0.05, 0) is 29.8 Å². The van der Waals surface area contributed by atoms with E-state index in [4.69, 9.17) is 4.42 Å². The maximum Gasteiger partial charge on any atom is 0.316 e. The highest BCUT2D eigenvalue weighted by Gasteiger charge is 2.07. The Kier molecular flexibility index (Phi) is 3.18. The molecule has 0 aliphatic rings. The molecule has 1 aromatic carbocycles. The molecule has 0 fully saturated rings. The Hall–Kier alpha value is -2.69. The molecule has 0 bridgehead atoms. The van der Waals surface area contributed by atoms with Gasteiger partial charge in [0, 0.05) is 24.5 Å². The summed E-state index contributed by atoms with van der Waals surface area (Å²) in [6.07, 6.45) is 3.50. The second-order valence-corrected chi connectivity index (χ2v) is 3.99. The molecule has 2 aromatic heterocycles. The Morgan fingerprint density at radius 1 is 0.947 bits per heavy atom. The van der Waals surface area contributed by atoms with Gasteiger partial charge >= 0.3 is 6.01 Å². The van der Waals surface area contributed by atoms with Crippen LogP contribution < -0.4 is 5.32 Å². The zero-order valence-corrected chi connectivity index (χ0v) is 10.2. The summed E-state index contributed by atoms with van der Waals surface area (Å²) in [5.41, 5.74) is 2.02. The summed E-state index contributed by atoms with van der Waals surface area (Å²) in [4.78, 5) is 3.96. The average molecular weight is 252 g/mol. The van der Waals surface area contributed by atoms with Gasteiger partial charge in [0.1, 0.15) is 0 Å². The molecule has 19 heavy (non-hydrogen) atoms. The van der Waals surface area contributed by atoms with Crippen molar-refractivity contribution in [2.24, 2.45) is 0 Å². The predicted molar refractivity (Wildman–Crippen MR) is 71.3 cm³/mol. The molecule has 0 saturated heterocycles. The maximum atomic E-state index is 5.54. The summed E-state index contributed by atoms with van der Waals surface area (Å²) in [6.45, 7) is 0.624. The van der Waals surface area contributed by atoms with Gasteiger partial charge in [0.2, 0.25) is 5.89 Å². The molecule has 0 spiro atoms. The monoisotopic (exact) mass is 252 g/mol. The van der Waals surface area contributed by atoms with Crippen molar-refractivity contribution in [1.29, 1.82) is 0 Å². The van der Waals surface area contributed by atoms with Crippen LogP contribution in [0.15, 0.2) is 59.3 Å². The van der Waals surface area contributed by atoms with E-state index in [0.717, 1.165) is 11.1 Å². The highest BCUT2D eigenvalue weighted by molar-refractivity contribution is 5.52. The largest absolute Gasteiger partial charge is 0.403 e. The molecule has 0 saturated carbocycles. The first-order chi connectivity index (χ1) is 9.42. The van der Waals surface area contributed by atoms with Crippen molar-refractivity contribution in [2.75, 3.05) is 5.32 Å². The predicted octanol–water partition coefficient (Wildman–Crippen LogP) is 2.74. The number of anilines is 1. The third-order valence-electron chi connectivity index (χ3n) is 2.64. The summed E-state index contributed by atoms with van der Waals surface area (Å²) in [5.74, 6) is 0.512. The first-order valence-corrected chi connectivity index (χ1v) is 5.93. The van der Waals surface area contributed by atoms with E-state index in [1.807, 2.05) is 42.5 Å². The van der Waals surface area contributed by atoms with Crippen molar-refractivity contribution in [2.45, 2.75) is 6.54 Å². The molecule has 0 atom stereocenters. The standard InChI is InChI=1S/C14H12N4O/c1-2-4-12(5-3-1)13-17-18-14(19-13)16-10-11-6-8-15-9-7-11/h1-9H,10H2,(H,16,18). The van der Waals surface area contributed by atoms with Crippen LogP contribution in [0.5, 0.6) is 0 Å². The average Bonchev–Trinajstić information content (AvgIpc) is 2.96. The highest BCUT2D eigenvalue weighted by Crippen LogP contribution is 2.19. The number of nitrogens with zero attached hydrogens (tertiary/aromatic N) is 3. The normalized spacial score (nSPS) is 10.3. The van der Waals surface area contributed by atoms with Crippen molar-refractivity contribution < 1.29 is 4.42 Å². The van der Waals surface area contributed by atoms with Crippen LogP contribution in [-0.4, -0.2) is 15.2 Å². The van der Waals surface area contributed by atoms with Gasteiger partial charge in [0.15, 0.2) is 0 Å². The Bertz CT molecular complexity index is 637. The van der Waals surface area contributed by atoms with E-state index in [0.29, 0.717) is 18.5 Å². The van der Waals surface area contributed by atoms with Crippen molar-refractivity contribution in [3.05, 3.63) is 60.4 Å². The smallest absolute Gasteiger partial charge is 0.316 e. The summed E-state index contributed by atoms with van der Waals surface area (Å²) in [7, 11) is 0.